The monoisotopic (exact) mass is 208 g/mol. The molecule has 0 fully saturated rings. The van der Waals surface area contributed by atoms with Gasteiger partial charge in [-0.15, -0.1) is 0 Å². The summed E-state index contributed by atoms with van der Waals surface area (Å²) in [5, 5.41) is 0. The zero-order valence-electron chi connectivity index (χ0n) is 9.66. The predicted octanol–water partition coefficient (Wildman–Crippen LogP) is 4.01. The molecule has 2 aromatic carbocycles. The largest absolute Gasteiger partial charge is 0.0613 e. The summed E-state index contributed by atoms with van der Waals surface area (Å²) in [6.07, 6.45) is 3.64. The molecule has 0 spiro atoms. The van der Waals surface area contributed by atoms with Crippen LogP contribution in [0.15, 0.2) is 42.5 Å². The lowest BCUT2D eigenvalue weighted by Crippen LogP contribution is -2.07. The molecule has 1 aliphatic rings. The van der Waals surface area contributed by atoms with Crippen LogP contribution in [0.2, 0.25) is 0 Å². The van der Waals surface area contributed by atoms with Crippen LogP contribution in [0, 0.1) is 0 Å². The molecule has 0 amide bonds. The van der Waals surface area contributed by atoms with E-state index in [1.807, 2.05) is 0 Å². The van der Waals surface area contributed by atoms with E-state index in [1.54, 1.807) is 0 Å². The average Bonchev–Trinajstić information content (AvgIpc) is 2.31. The third kappa shape index (κ3) is 1.55. The fraction of sp³-hybridized carbons (Fsp3) is 0.250. The molecule has 0 saturated carbocycles. The van der Waals surface area contributed by atoms with Gasteiger partial charge in [-0.05, 0) is 47.1 Å². The van der Waals surface area contributed by atoms with Gasteiger partial charge >= 0.3 is 0 Å². The van der Waals surface area contributed by atoms with Crippen molar-refractivity contribution in [2.75, 3.05) is 0 Å². The fourth-order valence-corrected chi connectivity index (χ4v) is 2.31. The highest BCUT2D eigenvalue weighted by Crippen LogP contribution is 2.28. The smallest absolute Gasteiger partial charge is 0.0181 e. The van der Waals surface area contributed by atoms with Crippen molar-refractivity contribution in [3.8, 4) is 11.1 Å². The minimum Gasteiger partial charge on any atom is -0.0613 e. The Labute approximate surface area is 96.9 Å². The molecule has 0 radical (unpaired) electrons. The van der Waals surface area contributed by atoms with Crippen molar-refractivity contribution in [1.29, 1.82) is 0 Å². The van der Waals surface area contributed by atoms with Gasteiger partial charge in [0, 0.05) is 0 Å². The van der Waals surface area contributed by atoms with Crippen LogP contribution in [-0.4, -0.2) is 0 Å². The Kier molecular flexibility index (Phi) is 2.28. The van der Waals surface area contributed by atoms with Gasteiger partial charge in [0.25, 0.3) is 0 Å². The first-order valence-electron chi connectivity index (χ1n) is 6.08. The molecule has 0 atom stereocenters. The highest BCUT2D eigenvalue weighted by molar-refractivity contribution is 5.66. The zero-order chi connectivity index (χ0) is 11.0. The second-order valence-corrected chi connectivity index (χ2v) is 4.53. The minimum atomic E-state index is 1.12. The van der Waals surface area contributed by atoms with Crippen molar-refractivity contribution < 1.29 is 0 Å². The van der Waals surface area contributed by atoms with Crippen LogP contribution in [0.25, 0.3) is 11.1 Å². The van der Waals surface area contributed by atoms with Gasteiger partial charge < -0.3 is 0 Å². The van der Waals surface area contributed by atoms with Gasteiger partial charge in [-0.25, -0.2) is 0 Å². The lowest BCUT2D eigenvalue weighted by atomic mass is 9.86. The standard InChI is InChI=1S/C16H16/c1-2-12-3-5-13(6-4-12)15-9-7-14-8-10-16(14)11-15/h3-7,9,11H,2,8,10H2,1H3. The second-order valence-electron chi connectivity index (χ2n) is 4.53. The highest BCUT2D eigenvalue weighted by Gasteiger charge is 2.12. The number of aryl methyl sites for hydroxylation is 3. The first kappa shape index (κ1) is 9.65. The Bertz CT molecular complexity index is 506. The van der Waals surface area contributed by atoms with Crippen LogP contribution in [-0.2, 0) is 19.3 Å². The van der Waals surface area contributed by atoms with E-state index in [4.69, 9.17) is 0 Å². The van der Waals surface area contributed by atoms with Crippen LogP contribution in [0.3, 0.4) is 0 Å². The molecule has 0 saturated heterocycles. The summed E-state index contributed by atoms with van der Waals surface area (Å²) >= 11 is 0. The molecule has 0 heteroatoms. The topological polar surface area (TPSA) is 0 Å². The molecule has 0 nitrogen and oxygen atoms in total. The summed E-state index contributed by atoms with van der Waals surface area (Å²) in [5.74, 6) is 0. The zero-order valence-corrected chi connectivity index (χ0v) is 9.66. The molecule has 16 heavy (non-hydrogen) atoms. The summed E-state index contributed by atoms with van der Waals surface area (Å²) in [6.45, 7) is 2.19. The molecule has 0 N–H and O–H groups in total. The maximum absolute atomic E-state index is 2.35. The molecule has 80 valence electrons. The van der Waals surface area contributed by atoms with Gasteiger partial charge in [0.2, 0.25) is 0 Å². The maximum atomic E-state index is 2.35. The Morgan fingerprint density at radius 3 is 2.06 bits per heavy atom. The molecule has 0 aliphatic heterocycles. The number of rotatable bonds is 2. The van der Waals surface area contributed by atoms with Crippen LogP contribution < -0.4 is 0 Å². The van der Waals surface area contributed by atoms with E-state index < -0.39 is 0 Å². The van der Waals surface area contributed by atoms with Gasteiger partial charge in [0.1, 0.15) is 0 Å². The number of hydrogen-bond donors (Lipinski definition) is 0. The van der Waals surface area contributed by atoms with Gasteiger partial charge in [-0.2, -0.15) is 0 Å². The Balaban J connectivity index is 1.98. The van der Waals surface area contributed by atoms with Crippen molar-refractivity contribution in [2.45, 2.75) is 26.2 Å². The Morgan fingerprint density at radius 2 is 1.50 bits per heavy atom. The number of benzene rings is 2. The van der Waals surface area contributed by atoms with E-state index in [0.29, 0.717) is 0 Å². The van der Waals surface area contributed by atoms with Crippen molar-refractivity contribution >= 4 is 0 Å². The second kappa shape index (κ2) is 3.79. The molecule has 3 rings (SSSR count). The molecular weight excluding hydrogens is 192 g/mol. The third-order valence-corrected chi connectivity index (χ3v) is 3.57. The van der Waals surface area contributed by atoms with Crippen molar-refractivity contribution in [1.82, 2.24) is 0 Å². The normalized spacial score (nSPS) is 13.1. The Morgan fingerprint density at radius 1 is 0.812 bits per heavy atom. The van der Waals surface area contributed by atoms with E-state index in [-0.39, 0.29) is 0 Å². The van der Waals surface area contributed by atoms with Crippen LogP contribution in [0.5, 0.6) is 0 Å². The summed E-state index contributed by atoms with van der Waals surface area (Å²) in [6, 6.07) is 15.8. The van der Waals surface area contributed by atoms with Crippen molar-refractivity contribution in [3.63, 3.8) is 0 Å². The van der Waals surface area contributed by atoms with Crippen molar-refractivity contribution in [2.24, 2.45) is 0 Å². The molecule has 0 heterocycles. The van der Waals surface area contributed by atoms with Crippen LogP contribution in [0.1, 0.15) is 23.6 Å². The molecular formula is C16H16. The molecule has 0 aromatic heterocycles. The third-order valence-electron chi connectivity index (χ3n) is 3.57. The van der Waals surface area contributed by atoms with Gasteiger partial charge in [-0.3, -0.25) is 0 Å². The lowest BCUT2D eigenvalue weighted by molar-refractivity contribution is 0.840. The molecule has 0 unspecified atom stereocenters. The van der Waals surface area contributed by atoms with Crippen LogP contribution in [0.4, 0.5) is 0 Å². The maximum Gasteiger partial charge on any atom is -0.0181 e. The van der Waals surface area contributed by atoms with Crippen LogP contribution >= 0.6 is 0 Å². The van der Waals surface area contributed by atoms with Gasteiger partial charge in [-0.1, -0.05) is 49.4 Å². The first-order chi connectivity index (χ1) is 7.86. The fourth-order valence-electron chi connectivity index (χ4n) is 2.31. The number of fused-ring (bicyclic) bond motifs is 1. The predicted molar refractivity (Wildman–Crippen MR) is 68.7 cm³/mol. The van der Waals surface area contributed by atoms with E-state index in [2.05, 4.69) is 49.4 Å². The molecule has 2 aromatic rings. The van der Waals surface area contributed by atoms with Crippen molar-refractivity contribution in [3.05, 3.63) is 59.2 Å². The number of hydrogen-bond acceptors (Lipinski definition) is 0. The van der Waals surface area contributed by atoms with E-state index in [0.717, 1.165) is 6.42 Å². The van der Waals surface area contributed by atoms with E-state index in [9.17, 15) is 0 Å². The highest BCUT2D eigenvalue weighted by atomic mass is 14.2. The molecule has 0 bridgehead atoms. The summed E-state index contributed by atoms with van der Waals surface area (Å²) in [5.41, 5.74) is 7.19. The molecule has 1 aliphatic carbocycles. The quantitative estimate of drug-likeness (QED) is 0.699. The summed E-state index contributed by atoms with van der Waals surface area (Å²) in [7, 11) is 0. The van der Waals surface area contributed by atoms with Gasteiger partial charge in [0.15, 0.2) is 0 Å². The lowest BCUT2D eigenvalue weighted by Gasteiger charge is -2.19. The Hall–Kier alpha value is -1.56. The summed E-state index contributed by atoms with van der Waals surface area (Å²) in [4.78, 5) is 0. The summed E-state index contributed by atoms with van der Waals surface area (Å²) < 4.78 is 0. The SMILES string of the molecule is CCc1ccc(-c2ccc3c(c2)CC3)cc1. The first-order valence-corrected chi connectivity index (χ1v) is 6.08. The van der Waals surface area contributed by atoms with Gasteiger partial charge in [0.05, 0.1) is 0 Å². The average molecular weight is 208 g/mol. The van der Waals surface area contributed by atoms with E-state index >= 15 is 0 Å². The minimum absolute atomic E-state index is 1.12. The van der Waals surface area contributed by atoms with E-state index in [1.165, 1.54) is 40.7 Å².